The Bertz CT molecular complexity index is 1910. The van der Waals surface area contributed by atoms with Crippen molar-refractivity contribution in [2.75, 3.05) is 0 Å². The van der Waals surface area contributed by atoms with Gasteiger partial charge in [0.05, 0.1) is 0 Å². The summed E-state index contributed by atoms with van der Waals surface area (Å²) in [6.45, 7) is 19.1. The molecule has 0 fully saturated rings. The van der Waals surface area contributed by atoms with E-state index in [1.54, 1.807) is 103 Å². The number of unbranched alkanes of at least 4 members (excludes halogenated alkanes) is 105. The molecule has 0 rings (SSSR count). The van der Waals surface area contributed by atoms with E-state index in [0.29, 0.717) is 16.2 Å². The lowest BCUT2D eigenvalue weighted by Crippen LogP contribution is -2.54. The molecule has 0 saturated heterocycles. The summed E-state index contributed by atoms with van der Waals surface area (Å²) in [7, 11) is 0. The second kappa shape index (κ2) is 115. The minimum Gasteiger partial charge on any atom is -0.0654 e. The van der Waals surface area contributed by atoms with E-state index in [0.717, 1.165) is 0 Å². The summed E-state index contributed by atoms with van der Waals surface area (Å²) in [5.41, 5.74) is 1.34. The molecule has 0 aromatic heterocycles. The van der Waals surface area contributed by atoms with E-state index in [9.17, 15) is 0 Å². The fourth-order valence-corrected chi connectivity index (χ4v) is 25.3. The Labute approximate surface area is 843 Å². The lowest BCUT2D eigenvalue weighted by atomic mass is 9.41. The third-order valence-corrected chi connectivity index (χ3v) is 34.2. The van der Waals surface area contributed by atoms with Crippen LogP contribution in [-0.4, -0.2) is 0 Å². The van der Waals surface area contributed by atoms with Crippen molar-refractivity contribution in [3.63, 3.8) is 0 Å². The van der Waals surface area contributed by atoms with Crippen LogP contribution in [0, 0.1) is 16.2 Å². The van der Waals surface area contributed by atoms with Crippen LogP contribution >= 0.6 is 0 Å². The highest BCUT2D eigenvalue weighted by atomic mass is 14.6. The molecule has 0 aliphatic heterocycles. The van der Waals surface area contributed by atoms with Gasteiger partial charge in [-0.25, -0.2) is 0 Å². The lowest BCUT2D eigenvalue weighted by Gasteiger charge is -2.64. The smallest absolute Gasteiger partial charge is 0.0184 e. The van der Waals surface area contributed by atoms with Crippen LogP contribution in [0.25, 0.3) is 0 Å². The van der Waals surface area contributed by atoms with Crippen LogP contribution in [-0.2, 0) is 0 Å². The largest absolute Gasteiger partial charge is 0.0654 e. The Kier molecular flexibility index (Phi) is 115. The van der Waals surface area contributed by atoms with E-state index in [1.165, 1.54) is 674 Å². The van der Waals surface area contributed by atoms with Gasteiger partial charge in [0.15, 0.2) is 0 Å². The highest BCUT2D eigenvalue weighted by molar-refractivity contribution is 5.09. The lowest BCUT2D eigenvalue weighted by molar-refractivity contribution is -0.140. The molecule has 0 aromatic carbocycles. The van der Waals surface area contributed by atoms with Crippen LogP contribution in [0.3, 0.4) is 0 Å². The van der Waals surface area contributed by atoms with Gasteiger partial charge in [-0.05, 0) is 67.6 Å². The standard InChI is InChI=1S/C132H266/c1-9-17-25-33-41-49-57-64-69-71-75-80-87-95-103-111-119-127-131(125-117-109-101-93-85-78-73-67-60-52-44-36-28-20-12-4,126-118-110-102-94-86-79-74-70-65-58-50-42-34-26-18-10-2)132(128-120-112-104-96-88-76-62-54-46-38-30-22-14-6,129-121-113-105-97-89-81-68-61-53-45-37-29-21-13-5)130(122-114-106-98-90-82-56-48-40-32-24-16-8,123-115-107-99-91-83-63-55-47-39-31-23-15-7)124-116-108-100-92-84-77-72-66-59-51-43-35-27-19-11-3/h9-129H2,1-8H3. The summed E-state index contributed by atoms with van der Waals surface area (Å²) >= 11 is 0. The average molecular weight is 1850 g/mol. The molecule has 132 heavy (non-hydrogen) atoms. The highest BCUT2D eigenvalue weighted by Gasteiger charge is 2.59. The third kappa shape index (κ3) is 90.0. The molecule has 0 bridgehead atoms. The zero-order valence-corrected chi connectivity index (χ0v) is 95.1. The van der Waals surface area contributed by atoms with Crippen molar-refractivity contribution in [2.45, 2.75) is 832 Å². The molecule has 3 atom stereocenters. The molecule has 0 aliphatic carbocycles. The highest BCUT2D eigenvalue weighted by Crippen LogP contribution is 2.69. The van der Waals surface area contributed by atoms with Crippen molar-refractivity contribution in [3.05, 3.63) is 0 Å². The van der Waals surface area contributed by atoms with Gasteiger partial charge in [-0.15, -0.1) is 0 Å². The zero-order chi connectivity index (χ0) is 95.1. The SMILES string of the molecule is CCCCCCCCCCCCCCCCCCCC(CCCCCCCCCCCCCCCCC)(CCCCCCCCCCCCCCCCCC)C(CCCCCCCCCCCCCCC)(CCCCCCCCCCCCCCCC)C(CCCCCCCCCCCCC)(CCCCCCCCCCCCCC)CCCCCCCCCCCCCCCCC. The minimum atomic E-state index is 0.432. The van der Waals surface area contributed by atoms with Gasteiger partial charge in [-0.2, -0.15) is 0 Å². The summed E-state index contributed by atoms with van der Waals surface area (Å²) in [6, 6.07) is 0. The maximum absolute atomic E-state index is 2.41. The number of rotatable bonds is 123. The summed E-state index contributed by atoms with van der Waals surface area (Å²) in [5.74, 6) is 0. The maximum atomic E-state index is 2.41. The van der Waals surface area contributed by atoms with E-state index in [4.69, 9.17) is 0 Å². The first-order valence-corrected chi connectivity index (χ1v) is 65.5. The van der Waals surface area contributed by atoms with Crippen LogP contribution < -0.4 is 0 Å². The van der Waals surface area contributed by atoms with E-state index >= 15 is 0 Å². The second-order valence-electron chi connectivity index (χ2n) is 46.8. The molecule has 0 radical (unpaired) electrons. The van der Waals surface area contributed by atoms with Crippen LogP contribution in [0.5, 0.6) is 0 Å². The molecule has 0 spiro atoms. The monoisotopic (exact) mass is 1850 g/mol. The van der Waals surface area contributed by atoms with Gasteiger partial charge in [-0.3, -0.25) is 0 Å². The Hall–Kier alpha value is 0. The Morgan fingerprint density at radius 3 is 0.205 bits per heavy atom. The van der Waals surface area contributed by atoms with E-state index < -0.39 is 0 Å². The van der Waals surface area contributed by atoms with Crippen molar-refractivity contribution < 1.29 is 0 Å². The van der Waals surface area contributed by atoms with Crippen molar-refractivity contribution >= 4 is 0 Å². The molecular formula is C132H266. The van der Waals surface area contributed by atoms with E-state index in [-0.39, 0.29) is 0 Å². The van der Waals surface area contributed by atoms with Crippen LogP contribution in [0.4, 0.5) is 0 Å². The first-order valence-electron chi connectivity index (χ1n) is 65.5. The van der Waals surface area contributed by atoms with Crippen LogP contribution in [0.2, 0.25) is 0 Å². The zero-order valence-electron chi connectivity index (χ0n) is 95.1. The van der Waals surface area contributed by atoms with Gasteiger partial charge in [0.1, 0.15) is 0 Å². The van der Waals surface area contributed by atoms with Crippen molar-refractivity contribution in [2.24, 2.45) is 16.2 Å². The molecule has 0 heteroatoms. The average Bonchev–Trinajstić information content (AvgIpc) is 0.719. The van der Waals surface area contributed by atoms with Gasteiger partial charge in [0.2, 0.25) is 0 Å². The van der Waals surface area contributed by atoms with Gasteiger partial charge >= 0.3 is 0 Å². The van der Waals surface area contributed by atoms with Gasteiger partial charge in [-0.1, -0.05) is 781 Å². The predicted molar refractivity (Wildman–Crippen MR) is 611 cm³/mol. The molecule has 0 heterocycles. The van der Waals surface area contributed by atoms with Crippen molar-refractivity contribution in [1.82, 2.24) is 0 Å². The fraction of sp³-hybridized carbons (Fsp3) is 1.00. The summed E-state index contributed by atoms with van der Waals surface area (Å²) in [4.78, 5) is 0. The van der Waals surface area contributed by atoms with Gasteiger partial charge in [0.25, 0.3) is 0 Å². The molecule has 794 valence electrons. The number of hydrogen-bond acceptors (Lipinski definition) is 0. The predicted octanol–water partition coefficient (Wildman–Crippen LogP) is 51.3. The first-order chi connectivity index (χ1) is 65.5. The Morgan fingerprint density at radius 1 is 0.0682 bits per heavy atom. The molecule has 0 amide bonds. The fourth-order valence-electron chi connectivity index (χ4n) is 25.3. The van der Waals surface area contributed by atoms with Gasteiger partial charge < -0.3 is 0 Å². The summed E-state index contributed by atoms with van der Waals surface area (Å²) < 4.78 is 0. The van der Waals surface area contributed by atoms with E-state index in [2.05, 4.69) is 55.4 Å². The summed E-state index contributed by atoms with van der Waals surface area (Å²) in [6.07, 6.45) is 181. The third-order valence-electron chi connectivity index (χ3n) is 34.2. The molecule has 0 aliphatic rings. The quantitative estimate of drug-likeness (QED) is 0.0533. The Balaban J connectivity index is 8.71. The van der Waals surface area contributed by atoms with E-state index in [1.807, 2.05) is 0 Å². The first kappa shape index (κ1) is 132. The Morgan fingerprint density at radius 2 is 0.129 bits per heavy atom. The second-order valence-corrected chi connectivity index (χ2v) is 46.8. The van der Waals surface area contributed by atoms with Crippen LogP contribution in [0.15, 0.2) is 0 Å². The summed E-state index contributed by atoms with van der Waals surface area (Å²) in [5, 5.41) is 0. The molecule has 0 N–H and O–H groups in total. The van der Waals surface area contributed by atoms with Gasteiger partial charge in [0, 0.05) is 0 Å². The maximum Gasteiger partial charge on any atom is -0.0184 e. The molecule has 0 nitrogen and oxygen atoms in total. The molecule has 0 saturated carbocycles. The molecule has 0 aromatic rings. The topological polar surface area (TPSA) is 0 Å². The van der Waals surface area contributed by atoms with Crippen LogP contribution in [0.1, 0.15) is 832 Å². The van der Waals surface area contributed by atoms with Crippen molar-refractivity contribution in [1.29, 1.82) is 0 Å². The molecular weight excluding hydrogens is 1590 g/mol. The van der Waals surface area contributed by atoms with Crippen molar-refractivity contribution in [3.8, 4) is 0 Å². The molecule has 3 unspecified atom stereocenters. The normalized spacial score (nSPS) is 13.4. The number of hydrogen-bond donors (Lipinski definition) is 0. The minimum absolute atomic E-state index is 0.432.